The Labute approximate surface area is 107 Å². The maximum atomic E-state index is 12.0. The van der Waals surface area contributed by atoms with E-state index in [9.17, 15) is 13.2 Å². The summed E-state index contributed by atoms with van der Waals surface area (Å²) in [5.41, 5.74) is 8.42. The highest BCUT2D eigenvalue weighted by Crippen LogP contribution is 2.26. The van der Waals surface area contributed by atoms with E-state index in [0.717, 1.165) is 5.56 Å². The Morgan fingerprint density at radius 2 is 1.79 bits per heavy atom. The number of nitrogens with two attached hydrogens (primary N) is 1. The number of nitrogen functional groups attached to an aromatic ring is 1. The zero-order chi connectivity index (χ0) is 14.0. The third kappa shape index (κ3) is 3.37. The van der Waals surface area contributed by atoms with Gasteiger partial charge in [0.1, 0.15) is 5.75 Å². The monoisotopic (exact) mass is 268 g/mol. The molecule has 0 saturated heterocycles. The number of aryl methyl sites for hydroxylation is 1. The van der Waals surface area contributed by atoms with Crippen LogP contribution in [-0.4, -0.2) is 11.3 Å². The minimum Gasteiger partial charge on any atom is -0.406 e. The van der Waals surface area contributed by atoms with Gasteiger partial charge in [-0.15, -0.1) is 13.2 Å². The van der Waals surface area contributed by atoms with Gasteiger partial charge >= 0.3 is 6.36 Å². The van der Waals surface area contributed by atoms with Crippen molar-refractivity contribution in [3.8, 4) is 17.0 Å². The van der Waals surface area contributed by atoms with E-state index in [-0.39, 0.29) is 5.75 Å². The molecule has 2 N–H and O–H groups in total. The van der Waals surface area contributed by atoms with Crippen molar-refractivity contribution in [2.75, 3.05) is 5.73 Å². The van der Waals surface area contributed by atoms with Gasteiger partial charge in [-0.2, -0.15) is 0 Å². The molecule has 0 radical (unpaired) electrons. The van der Waals surface area contributed by atoms with E-state index in [1.807, 2.05) is 6.92 Å². The van der Waals surface area contributed by atoms with Crippen LogP contribution in [0.1, 0.15) is 5.56 Å². The molecule has 0 fully saturated rings. The molecule has 1 aromatic heterocycles. The van der Waals surface area contributed by atoms with Crippen molar-refractivity contribution < 1.29 is 17.9 Å². The number of pyridine rings is 1. The molecule has 100 valence electrons. The predicted octanol–water partition coefficient (Wildman–Crippen LogP) is 3.54. The van der Waals surface area contributed by atoms with Crippen LogP contribution in [0.3, 0.4) is 0 Å². The lowest BCUT2D eigenvalue weighted by atomic mass is 10.1. The summed E-state index contributed by atoms with van der Waals surface area (Å²) in [7, 11) is 0. The van der Waals surface area contributed by atoms with Crippen LogP contribution in [0.25, 0.3) is 11.3 Å². The molecule has 0 unspecified atom stereocenters. The number of anilines is 1. The maximum Gasteiger partial charge on any atom is 0.573 e. The second-order valence-electron chi connectivity index (χ2n) is 4.00. The van der Waals surface area contributed by atoms with Crippen molar-refractivity contribution in [3.63, 3.8) is 0 Å². The average molecular weight is 268 g/mol. The Morgan fingerprint density at radius 1 is 1.16 bits per heavy atom. The molecule has 0 aliphatic rings. The van der Waals surface area contributed by atoms with Crippen LogP contribution < -0.4 is 10.5 Å². The van der Waals surface area contributed by atoms with Gasteiger partial charge in [0.25, 0.3) is 0 Å². The fourth-order valence-electron chi connectivity index (χ4n) is 1.55. The predicted molar refractivity (Wildman–Crippen MR) is 65.5 cm³/mol. The van der Waals surface area contributed by atoms with Crippen LogP contribution in [0.15, 0.2) is 36.5 Å². The highest BCUT2D eigenvalue weighted by atomic mass is 19.4. The molecule has 2 rings (SSSR count). The number of halogens is 3. The second-order valence-corrected chi connectivity index (χ2v) is 4.00. The molecule has 6 heteroatoms. The molecule has 2 aromatic rings. The minimum absolute atomic E-state index is 0.261. The second kappa shape index (κ2) is 4.79. The first kappa shape index (κ1) is 13.2. The number of aromatic nitrogens is 1. The molecule has 1 heterocycles. The highest BCUT2D eigenvalue weighted by Gasteiger charge is 2.30. The van der Waals surface area contributed by atoms with E-state index in [4.69, 9.17) is 5.73 Å². The number of benzene rings is 1. The van der Waals surface area contributed by atoms with Gasteiger partial charge in [0, 0.05) is 5.56 Å². The Morgan fingerprint density at radius 3 is 2.32 bits per heavy atom. The molecule has 1 aromatic carbocycles. The summed E-state index contributed by atoms with van der Waals surface area (Å²) < 4.78 is 39.8. The summed E-state index contributed by atoms with van der Waals surface area (Å²) in [5, 5.41) is 0. The van der Waals surface area contributed by atoms with Crippen LogP contribution >= 0.6 is 0 Å². The van der Waals surface area contributed by atoms with Gasteiger partial charge in [-0.3, -0.25) is 4.98 Å². The van der Waals surface area contributed by atoms with Gasteiger partial charge in [0.2, 0.25) is 0 Å². The van der Waals surface area contributed by atoms with Gasteiger partial charge in [-0.25, -0.2) is 0 Å². The zero-order valence-corrected chi connectivity index (χ0v) is 10.0. The molecule has 3 nitrogen and oxygen atoms in total. The van der Waals surface area contributed by atoms with Crippen molar-refractivity contribution in [1.82, 2.24) is 4.98 Å². The van der Waals surface area contributed by atoms with Crippen molar-refractivity contribution in [1.29, 1.82) is 0 Å². The number of rotatable bonds is 2. The van der Waals surface area contributed by atoms with E-state index >= 15 is 0 Å². The van der Waals surface area contributed by atoms with E-state index in [0.29, 0.717) is 16.9 Å². The Balaban J connectivity index is 2.25. The largest absolute Gasteiger partial charge is 0.573 e. The SMILES string of the molecule is Cc1cc(-c2ccc(OC(F)(F)F)cc2)ncc1N. The van der Waals surface area contributed by atoms with Crippen LogP contribution in [-0.2, 0) is 0 Å². The third-order valence-electron chi connectivity index (χ3n) is 2.53. The van der Waals surface area contributed by atoms with E-state index < -0.39 is 6.36 Å². The van der Waals surface area contributed by atoms with Crippen molar-refractivity contribution >= 4 is 5.69 Å². The van der Waals surface area contributed by atoms with Crippen LogP contribution in [0.4, 0.5) is 18.9 Å². The molecule has 0 amide bonds. The number of hydrogen-bond acceptors (Lipinski definition) is 3. The lowest BCUT2D eigenvalue weighted by Gasteiger charge is -2.09. The lowest BCUT2D eigenvalue weighted by molar-refractivity contribution is -0.274. The summed E-state index contributed by atoms with van der Waals surface area (Å²) in [4.78, 5) is 4.13. The topological polar surface area (TPSA) is 48.1 Å². The van der Waals surface area contributed by atoms with E-state index in [2.05, 4.69) is 9.72 Å². The van der Waals surface area contributed by atoms with Crippen molar-refractivity contribution in [2.45, 2.75) is 13.3 Å². The van der Waals surface area contributed by atoms with Gasteiger partial charge in [0.15, 0.2) is 0 Å². The molecule has 0 bridgehead atoms. The first-order chi connectivity index (χ1) is 8.85. The molecule has 0 aliphatic carbocycles. The average Bonchev–Trinajstić information content (AvgIpc) is 2.32. The quantitative estimate of drug-likeness (QED) is 0.906. The number of nitrogens with zero attached hydrogens (tertiary/aromatic N) is 1. The highest BCUT2D eigenvalue weighted by molar-refractivity contribution is 5.63. The zero-order valence-electron chi connectivity index (χ0n) is 10.0. The molecular weight excluding hydrogens is 257 g/mol. The Bertz CT molecular complexity index is 579. The number of ether oxygens (including phenoxy) is 1. The van der Waals surface area contributed by atoms with Gasteiger partial charge in [0.05, 0.1) is 17.6 Å². The Kier molecular flexibility index (Phi) is 3.33. The smallest absolute Gasteiger partial charge is 0.406 e. The first-order valence-corrected chi connectivity index (χ1v) is 5.43. The number of hydrogen-bond donors (Lipinski definition) is 1. The summed E-state index contributed by atoms with van der Waals surface area (Å²) in [6, 6.07) is 7.29. The summed E-state index contributed by atoms with van der Waals surface area (Å²) >= 11 is 0. The fourth-order valence-corrected chi connectivity index (χ4v) is 1.55. The normalized spacial score (nSPS) is 11.4. The summed E-state index contributed by atoms with van der Waals surface area (Å²) in [6.07, 6.45) is -3.16. The summed E-state index contributed by atoms with van der Waals surface area (Å²) in [6.45, 7) is 1.83. The summed E-state index contributed by atoms with van der Waals surface area (Å²) in [5.74, 6) is -0.261. The number of alkyl halides is 3. The van der Waals surface area contributed by atoms with Crippen LogP contribution in [0.5, 0.6) is 5.75 Å². The molecule has 0 spiro atoms. The van der Waals surface area contributed by atoms with E-state index in [1.54, 1.807) is 6.07 Å². The molecular formula is C13H11F3N2O. The van der Waals surface area contributed by atoms with Crippen molar-refractivity contribution in [3.05, 3.63) is 42.1 Å². The molecule has 0 saturated carbocycles. The first-order valence-electron chi connectivity index (χ1n) is 5.43. The van der Waals surface area contributed by atoms with Gasteiger partial charge in [-0.1, -0.05) is 0 Å². The molecule has 0 atom stereocenters. The van der Waals surface area contributed by atoms with Crippen molar-refractivity contribution in [2.24, 2.45) is 0 Å². The molecule has 19 heavy (non-hydrogen) atoms. The van der Waals surface area contributed by atoms with Crippen LogP contribution in [0.2, 0.25) is 0 Å². The lowest BCUT2D eigenvalue weighted by Crippen LogP contribution is -2.16. The van der Waals surface area contributed by atoms with E-state index in [1.165, 1.54) is 30.5 Å². The third-order valence-corrected chi connectivity index (χ3v) is 2.53. The maximum absolute atomic E-state index is 12.0. The van der Waals surface area contributed by atoms with Crippen LogP contribution in [0, 0.1) is 6.92 Å². The molecule has 0 aliphatic heterocycles. The minimum atomic E-state index is -4.68. The standard InChI is InChI=1S/C13H11F3N2O/c1-8-6-12(18-7-11(8)17)9-2-4-10(5-3-9)19-13(14,15)16/h2-7H,17H2,1H3. The fraction of sp³-hybridized carbons (Fsp3) is 0.154. The van der Waals surface area contributed by atoms with Gasteiger partial charge in [-0.05, 0) is 42.8 Å². The van der Waals surface area contributed by atoms with Gasteiger partial charge < -0.3 is 10.5 Å². The Hall–Kier alpha value is -2.24.